The topological polar surface area (TPSA) is 20.2 Å². The SMILES string of the molecule is OC1=CCC(C=Cc2ccccc2)C=C1. The van der Waals surface area contributed by atoms with E-state index in [1.165, 1.54) is 5.56 Å². The van der Waals surface area contributed by atoms with Crippen molar-refractivity contribution >= 4 is 6.08 Å². The fourth-order valence-electron chi connectivity index (χ4n) is 1.57. The van der Waals surface area contributed by atoms with Gasteiger partial charge in [-0.1, -0.05) is 48.6 Å². The summed E-state index contributed by atoms with van der Waals surface area (Å²) >= 11 is 0. The second-order valence-corrected chi connectivity index (χ2v) is 3.66. The first-order chi connectivity index (χ1) is 7.34. The minimum atomic E-state index is 0.374. The third-order valence-corrected chi connectivity index (χ3v) is 2.45. The van der Waals surface area contributed by atoms with Gasteiger partial charge in [-0.05, 0) is 30.1 Å². The molecule has 0 aliphatic heterocycles. The maximum Gasteiger partial charge on any atom is 0.111 e. The Balaban J connectivity index is 1.99. The molecule has 0 amide bonds. The molecular formula is C14H14O. The van der Waals surface area contributed by atoms with Crippen molar-refractivity contribution in [2.24, 2.45) is 5.92 Å². The average Bonchev–Trinajstić information content (AvgIpc) is 2.30. The Kier molecular flexibility index (Phi) is 3.03. The molecule has 1 aliphatic carbocycles. The number of allylic oxidation sites excluding steroid dienone is 4. The number of benzene rings is 1. The van der Waals surface area contributed by atoms with Crippen LogP contribution < -0.4 is 0 Å². The van der Waals surface area contributed by atoms with Crippen LogP contribution in [-0.4, -0.2) is 5.11 Å². The molecule has 0 heterocycles. The van der Waals surface area contributed by atoms with Crippen LogP contribution in [0.3, 0.4) is 0 Å². The van der Waals surface area contributed by atoms with E-state index in [0.717, 1.165) is 6.42 Å². The molecule has 1 aromatic carbocycles. The van der Waals surface area contributed by atoms with Crippen molar-refractivity contribution in [3.8, 4) is 0 Å². The molecule has 15 heavy (non-hydrogen) atoms. The summed E-state index contributed by atoms with van der Waals surface area (Å²) in [5.41, 5.74) is 1.21. The minimum absolute atomic E-state index is 0.374. The van der Waals surface area contributed by atoms with E-state index in [4.69, 9.17) is 5.11 Å². The largest absolute Gasteiger partial charge is 0.508 e. The summed E-state index contributed by atoms with van der Waals surface area (Å²) in [6.45, 7) is 0. The molecule has 0 bridgehead atoms. The summed E-state index contributed by atoms with van der Waals surface area (Å²) in [5, 5.41) is 9.16. The van der Waals surface area contributed by atoms with Crippen molar-refractivity contribution in [2.75, 3.05) is 0 Å². The maximum atomic E-state index is 9.16. The Labute approximate surface area is 90.1 Å². The zero-order valence-electron chi connectivity index (χ0n) is 8.51. The fraction of sp³-hybridized carbons (Fsp3) is 0.143. The lowest BCUT2D eigenvalue weighted by Crippen LogP contribution is -1.95. The summed E-state index contributed by atoms with van der Waals surface area (Å²) in [4.78, 5) is 0. The summed E-state index contributed by atoms with van der Waals surface area (Å²) in [7, 11) is 0. The monoisotopic (exact) mass is 198 g/mol. The van der Waals surface area contributed by atoms with Crippen LogP contribution >= 0.6 is 0 Å². The average molecular weight is 198 g/mol. The summed E-state index contributed by atoms with van der Waals surface area (Å²) in [6.07, 6.45) is 10.8. The Morgan fingerprint density at radius 1 is 1.20 bits per heavy atom. The molecule has 0 saturated heterocycles. The van der Waals surface area contributed by atoms with Gasteiger partial charge in [0, 0.05) is 0 Å². The van der Waals surface area contributed by atoms with E-state index in [9.17, 15) is 0 Å². The molecule has 0 fully saturated rings. The Bertz CT molecular complexity index is 399. The minimum Gasteiger partial charge on any atom is -0.508 e. The number of aliphatic hydroxyl groups is 1. The van der Waals surface area contributed by atoms with Gasteiger partial charge in [-0.2, -0.15) is 0 Å². The van der Waals surface area contributed by atoms with Crippen molar-refractivity contribution in [3.05, 3.63) is 66.0 Å². The predicted molar refractivity (Wildman–Crippen MR) is 63.4 cm³/mol. The lowest BCUT2D eigenvalue weighted by molar-refractivity contribution is 0.424. The van der Waals surface area contributed by atoms with E-state index in [0.29, 0.717) is 11.7 Å². The van der Waals surface area contributed by atoms with Gasteiger partial charge in [0.2, 0.25) is 0 Å². The highest BCUT2D eigenvalue weighted by Gasteiger charge is 2.03. The lowest BCUT2D eigenvalue weighted by Gasteiger charge is -2.08. The van der Waals surface area contributed by atoms with Gasteiger partial charge in [-0.3, -0.25) is 0 Å². The molecule has 1 nitrogen and oxygen atoms in total. The first kappa shape index (κ1) is 9.78. The number of hydrogen-bond donors (Lipinski definition) is 1. The Hall–Kier alpha value is -1.76. The van der Waals surface area contributed by atoms with Crippen molar-refractivity contribution < 1.29 is 5.11 Å². The van der Waals surface area contributed by atoms with E-state index in [-0.39, 0.29) is 0 Å². The van der Waals surface area contributed by atoms with Gasteiger partial charge in [0.15, 0.2) is 0 Å². The second kappa shape index (κ2) is 4.65. The van der Waals surface area contributed by atoms with Crippen LogP contribution in [0.1, 0.15) is 12.0 Å². The normalized spacial score (nSPS) is 20.5. The van der Waals surface area contributed by atoms with Gasteiger partial charge < -0.3 is 5.11 Å². The predicted octanol–water partition coefficient (Wildman–Crippen LogP) is 3.72. The van der Waals surface area contributed by atoms with Crippen LogP contribution in [0.5, 0.6) is 0 Å². The standard InChI is InChI=1S/C14H14O/c15-14-10-8-13(9-11-14)7-6-12-4-2-1-3-5-12/h1-8,10-11,13,15H,9H2. The summed E-state index contributed by atoms with van der Waals surface area (Å²) in [6, 6.07) is 10.2. The molecule has 0 spiro atoms. The van der Waals surface area contributed by atoms with Crippen molar-refractivity contribution in [1.82, 2.24) is 0 Å². The van der Waals surface area contributed by atoms with Crippen LogP contribution in [0.15, 0.2) is 60.4 Å². The molecule has 1 atom stereocenters. The summed E-state index contributed by atoms with van der Waals surface area (Å²) < 4.78 is 0. The number of rotatable bonds is 2. The van der Waals surface area contributed by atoms with E-state index in [1.54, 1.807) is 6.08 Å². The molecule has 76 valence electrons. The molecule has 1 heteroatoms. The van der Waals surface area contributed by atoms with Crippen molar-refractivity contribution in [3.63, 3.8) is 0 Å². The molecule has 1 aromatic rings. The highest BCUT2D eigenvalue weighted by atomic mass is 16.3. The molecule has 2 rings (SSSR count). The molecular weight excluding hydrogens is 184 g/mol. The van der Waals surface area contributed by atoms with Crippen LogP contribution in [0.2, 0.25) is 0 Å². The van der Waals surface area contributed by atoms with Crippen LogP contribution in [0.4, 0.5) is 0 Å². The molecule has 1 unspecified atom stereocenters. The van der Waals surface area contributed by atoms with Gasteiger partial charge in [0.1, 0.15) is 5.76 Å². The van der Waals surface area contributed by atoms with Gasteiger partial charge in [0.05, 0.1) is 0 Å². The summed E-state index contributed by atoms with van der Waals surface area (Å²) in [5.74, 6) is 0.778. The van der Waals surface area contributed by atoms with Crippen LogP contribution in [0.25, 0.3) is 6.08 Å². The highest BCUT2D eigenvalue weighted by molar-refractivity contribution is 5.49. The second-order valence-electron chi connectivity index (χ2n) is 3.66. The van der Waals surface area contributed by atoms with Gasteiger partial charge in [-0.25, -0.2) is 0 Å². The van der Waals surface area contributed by atoms with E-state index < -0.39 is 0 Å². The van der Waals surface area contributed by atoms with E-state index in [1.807, 2.05) is 30.4 Å². The van der Waals surface area contributed by atoms with E-state index >= 15 is 0 Å². The smallest absolute Gasteiger partial charge is 0.111 e. The van der Waals surface area contributed by atoms with Crippen molar-refractivity contribution in [1.29, 1.82) is 0 Å². The van der Waals surface area contributed by atoms with Gasteiger partial charge >= 0.3 is 0 Å². The Morgan fingerprint density at radius 3 is 2.67 bits per heavy atom. The molecule has 1 N–H and O–H groups in total. The first-order valence-electron chi connectivity index (χ1n) is 5.15. The van der Waals surface area contributed by atoms with E-state index in [2.05, 4.69) is 24.3 Å². The number of aliphatic hydroxyl groups excluding tert-OH is 1. The van der Waals surface area contributed by atoms with Crippen molar-refractivity contribution in [2.45, 2.75) is 6.42 Å². The zero-order valence-corrected chi connectivity index (χ0v) is 8.51. The first-order valence-corrected chi connectivity index (χ1v) is 5.15. The molecule has 1 aliphatic rings. The number of hydrogen-bond acceptors (Lipinski definition) is 1. The van der Waals surface area contributed by atoms with Crippen LogP contribution in [0, 0.1) is 5.92 Å². The van der Waals surface area contributed by atoms with Gasteiger partial charge in [-0.15, -0.1) is 0 Å². The highest BCUT2D eigenvalue weighted by Crippen LogP contribution is 2.17. The fourth-order valence-corrected chi connectivity index (χ4v) is 1.57. The molecule has 0 radical (unpaired) electrons. The molecule has 0 saturated carbocycles. The van der Waals surface area contributed by atoms with Gasteiger partial charge in [0.25, 0.3) is 0 Å². The molecule has 0 aromatic heterocycles. The lowest BCUT2D eigenvalue weighted by atomic mass is 9.99. The maximum absolute atomic E-state index is 9.16. The quantitative estimate of drug-likeness (QED) is 0.767. The third-order valence-electron chi connectivity index (χ3n) is 2.45. The Morgan fingerprint density at radius 2 is 2.00 bits per heavy atom. The zero-order chi connectivity index (χ0) is 10.5. The van der Waals surface area contributed by atoms with Crippen LogP contribution in [-0.2, 0) is 0 Å². The third kappa shape index (κ3) is 2.84.